The first-order chi connectivity index (χ1) is 7.58. The van der Waals surface area contributed by atoms with Gasteiger partial charge in [0.2, 0.25) is 5.13 Å². The summed E-state index contributed by atoms with van der Waals surface area (Å²) in [6.45, 7) is 8.73. The molecule has 2 heterocycles. The van der Waals surface area contributed by atoms with Crippen LogP contribution in [0, 0.1) is 5.92 Å². The van der Waals surface area contributed by atoms with E-state index < -0.39 is 0 Å². The number of nitrogens with zero attached hydrogens (tertiary/aromatic N) is 3. The Morgan fingerprint density at radius 1 is 1.50 bits per heavy atom. The Balaban J connectivity index is 2.07. The van der Waals surface area contributed by atoms with Crippen LogP contribution >= 0.6 is 27.5 Å². The molecule has 2 atom stereocenters. The lowest BCUT2D eigenvalue weighted by molar-refractivity contribution is 0.456. The molecule has 3 nitrogen and oxygen atoms in total. The first kappa shape index (κ1) is 12.3. The van der Waals surface area contributed by atoms with E-state index in [9.17, 15) is 0 Å². The van der Waals surface area contributed by atoms with Crippen molar-refractivity contribution >= 4 is 32.6 Å². The van der Waals surface area contributed by atoms with E-state index in [-0.39, 0.29) is 0 Å². The molecule has 1 aliphatic rings. The van der Waals surface area contributed by atoms with Gasteiger partial charge in [0.15, 0.2) is 0 Å². The molecule has 5 heteroatoms. The van der Waals surface area contributed by atoms with E-state index in [1.165, 1.54) is 18.0 Å². The van der Waals surface area contributed by atoms with Crippen LogP contribution in [-0.4, -0.2) is 27.3 Å². The first-order valence-electron chi connectivity index (χ1n) is 5.80. The largest absolute Gasteiger partial charge is 0.346 e. The van der Waals surface area contributed by atoms with Gasteiger partial charge in [0.05, 0.1) is 0 Å². The molecule has 1 aromatic rings. The molecule has 0 spiro atoms. The van der Waals surface area contributed by atoms with Crippen LogP contribution in [0.1, 0.15) is 38.9 Å². The van der Waals surface area contributed by atoms with Gasteiger partial charge in [0.25, 0.3) is 0 Å². The minimum absolute atomic E-state index is 0.425. The molecule has 1 aromatic heterocycles. The highest BCUT2D eigenvalue weighted by atomic mass is 79.9. The third kappa shape index (κ3) is 2.56. The van der Waals surface area contributed by atoms with Crippen LogP contribution in [0.25, 0.3) is 0 Å². The number of hydrogen-bond acceptors (Lipinski definition) is 4. The molecule has 0 saturated carbocycles. The molecule has 1 fully saturated rings. The number of alkyl halides is 1. The van der Waals surface area contributed by atoms with Crippen LogP contribution in [0.3, 0.4) is 0 Å². The van der Waals surface area contributed by atoms with Crippen molar-refractivity contribution in [3.63, 3.8) is 0 Å². The van der Waals surface area contributed by atoms with E-state index in [4.69, 9.17) is 0 Å². The predicted molar refractivity (Wildman–Crippen MR) is 72.7 cm³/mol. The molecule has 1 aliphatic heterocycles. The van der Waals surface area contributed by atoms with Crippen molar-refractivity contribution in [1.82, 2.24) is 9.36 Å². The maximum Gasteiger partial charge on any atom is 0.205 e. The summed E-state index contributed by atoms with van der Waals surface area (Å²) in [5.41, 5.74) is 0. The van der Waals surface area contributed by atoms with Gasteiger partial charge in [0, 0.05) is 35.4 Å². The molecule has 0 aliphatic carbocycles. The normalized spacial score (nSPS) is 26.4. The third-order valence-corrected chi connectivity index (χ3v) is 5.07. The van der Waals surface area contributed by atoms with E-state index in [0.29, 0.717) is 10.7 Å². The molecule has 90 valence electrons. The Kier molecular flexibility index (Phi) is 3.85. The monoisotopic (exact) mass is 303 g/mol. The highest BCUT2D eigenvalue weighted by Gasteiger charge is 2.26. The quantitative estimate of drug-likeness (QED) is 0.785. The van der Waals surface area contributed by atoms with E-state index in [0.717, 1.165) is 30.0 Å². The SMILES string of the molecule is CC(C)c1nsc(N2CCC(C)C(Br)C2)n1. The molecular formula is C11H18BrN3S. The Morgan fingerprint density at radius 2 is 2.25 bits per heavy atom. The molecule has 16 heavy (non-hydrogen) atoms. The van der Waals surface area contributed by atoms with Crippen molar-refractivity contribution < 1.29 is 0 Å². The highest BCUT2D eigenvalue weighted by Crippen LogP contribution is 2.29. The van der Waals surface area contributed by atoms with Crippen molar-refractivity contribution in [2.75, 3.05) is 18.0 Å². The van der Waals surface area contributed by atoms with E-state index in [1.54, 1.807) is 0 Å². The van der Waals surface area contributed by atoms with Crippen molar-refractivity contribution in [3.8, 4) is 0 Å². The second-order valence-corrected chi connectivity index (χ2v) is 6.72. The summed E-state index contributed by atoms with van der Waals surface area (Å²) in [6.07, 6.45) is 1.23. The summed E-state index contributed by atoms with van der Waals surface area (Å²) in [4.78, 5) is 7.53. The second-order valence-electron chi connectivity index (χ2n) is 4.82. The Labute approximate surface area is 110 Å². The molecule has 1 saturated heterocycles. The molecule has 0 radical (unpaired) electrons. The molecule has 0 amide bonds. The Morgan fingerprint density at radius 3 is 2.81 bits per heavy atom. The average Bonchev–Trinajstić information content (AvgIpc) is 2.71. The summed E-state index contributed by atoms with van der Waals surface area (Å²) in [7, 11) is 0. The van der Waals surface area contributed by atoms with Gasteiger partial charge in [-0.2, -0.15) is 4.37 Å². The number of halogens is 1. The van der Waals surface area contributed by atoms with Gasteiger partial charge in [-0.05, 0) is 12.3 Å². The number of hydrogen-bond donors (Lipinski definition) is 0. The third-order valence-electron chi connectivity index (χ3n) is 3.08. The van der Waals surface area contributed by atoms with Crippen molar-refractivity contribution in [2.24, 2.45) is 5.92 Å². The smallest absolute Gasteiger partial charge is 0.205 e. The van der Waals surface area contributed by atoms with Crippen molar-refractivity contribution in [2.45, 2.75) is 37.9 Å². The number of aromatic nitrogens is 2. The van der Waals surface area contributed by atoms with Crippen LogP contribution in [0.15, 0.2) is 0 Å². The van der Waals surface area contributed by atoms with Crippen LogP contribution in [0.4, 0.5) is 5.13 Å². The summed E-state index contributed by atoms with van der Waals surface area (Å²) in [5.74, 6) is 2.16. The molecule has 2 rings (SSSR count). The van der Waals surface area contributed by atoms with Gasteiger partial charge in [-0.15, -0.1) is 0 Å². The van der Waals surface area contributed by atoms with Crippen LogP contribution in [-0.2, 0) is 0 Å². The van der Waals surface area contributed by atoms with Gasteiger partial charge >= 0.3 is 0 Å². The van der Waals surface area contributed by atoms with E-state index >= 15 is 0 Å². The fourth-order valence-corrected chi connectivity index (χ4v) is 3.24. The van der Waals surface area contributed by atoms with Crippen LogP contribution < -0.4 is 4.90 Å². The topological polar surface area (TPSA) is 29.0 Å². The zero-order valence-corrected chi connectivity index (χ0v) is 12.4. The summed E-state index contributed by atoms with van der Waals surface area (Å²) < 4.78 is 4.41. The zero-order valence-electron chi connectivity index (χ0n) is 9.98. The fourth-order valence-electron chi connectivity index (χ4n) is 1.79. The Hall–Kier alpha value is -0.160. The van der Waals surface area contributed by atoms with Crippen molar-refractivity contribution in [3.05, 3.63) is 5.82 Å². The lowest BCUT2D eigenvalue weighted by Gasteiger charge is -2.33. The minimum Gasteiger partial charge on any atom is -0.346 e. The Bertz CT molecular complexity index is 353. The van der Waals surface area contributed by atoms with Gasteiger partial charge in [-0.25, -0.2) is 4.98 Å². The standard InChI is InChI=1S/C11H18BrN3S/c1-7(2)10-13-11(16-14-10)15-5-4-8(3)9(12)6-15/h7-9H,4-6H2,1-3H3. The van der Waals surface area contributed by atoms with Gasteiger partial charge in [-0.3, -0.25) is 0 Å². The van der Waals surface area contributed by atoms with Gasteiger partial charge in [0.1, 0.15) is 5.82 Å². The minimum atomic E-state index is 0.425. The number of rotatable bonds is 2. The van der Waals surface area contributed by atoms with Crippen molar-refractivity contribution in [1.29, 1.82) is 0 Å². The summed E-state index contributed by atoms with van der Waals surface area (Å²) >= 11 is 5.27. The summed E-state index contributed by atoms with van der Waals surface area (Å²) in [6, 6.07) is 0. The highest BCUT2D eigenvalue weighted by molar-refractivity contribution is 9.09. The molecule has 0 N–H and O–H groups in total. The van der Waals surface area contributed by atoms with E-state index in [2.05, 4.69) is 51.0 Å². The molecule has 2 unspecified atom stereocenters. The number of anilines is 1. The maximum absolute atomic E-state index is 4.61. The van der Waals surface area contributed by atoms with Gasteiger partial charge in [-0.1, -0.05) is 36.7 Å². The maximum atomic E-state index is 4.61. The fraction of sp³-hybridized carbons (Fsp3) is 0.818. The lowest BCUT2D eigenvalue weighted by Crippen LogP contribution is -2.40. The van der Waals surface area contributed by atoms with Crippen LogP contribution in [0.2, 0.25) is 0 Å². The average molecular weight is 304 g/mol. The second kappa shape index (κ2) is 5.00. The lowest BCUT2D eigenvalue weighted by atomic mass is 9.99. The molecule has 0 aromatic carbocycles. The summed E-state index contributed by atoms with van der Waals surface area (Å²) in [5, 5.41) is 1.08. The van der Waals surface area contributed by atoms with E-state index in [1.807, 2.05) is 0 Å². The zero-order chi connectivity index (χ0) is 11.7. The molecule has 0 bridgehead atoms. The van der Waals surface area contributed by atoms with Gasteiger partial charge < -0.3 is 4.90 Å². The predicted octanol–water partition coefficient (Wildman–Crippen LogP) is 3.27. The van der Waals surface area contributed by atoms with Crippen LogP contribution in [0.5, 0.6) is 0 Å². The first-order valence-corrected chi connectivity index (χ1v) is 7.49. The molecular weight excluding hydrogens is 286 g/mol. The number of piperidine rings is 1.